The standard InChI is InChI=1S/C14H17BrFNO4/c1-9(3-2-4-14(19)20)17-13(18)8-21-12-6-5-10(16)7-11(12)15/h5-7,9H,2-4,8H2,1H3,(H,17,18)(H,19,20). The summed E-state index contributed by atoms with van der Waals surface area (Å²) >= 11 is 3.14. The number of hydrogen-bond acceptors (Lipinski definition) is 3. The summed E-state index contributed by atoms with van der Waals surface area (Å²) in [5.74, 6) is -1.18. The van der Waals surface area contributed by atoms with Crippen molar-refractivity contribution in [1.82, 2.24) is 5.32 Å². The van der Waals surface area contributed by atoms with Crippen LogP contribution in [0, 0.1) is 5.82 Å². The van der Waals surface area contributed by atoms with Gasteiger partial charge in [-0.2, -0.15) is 0 Å². The van der Waals surface area contributed by atoms with Crippen molar-refractivity contribution in [3.8, 4) is 5.75 Å². The van der Waals surface area contributed by atoms with Crippen LogP contribution in [0.5, 0.6) is 5.75 Å². The molecule has 2 N–H and O–H groups in total. The zero-order chi connectivity index (χ0) is 15.8. The van der Waals surface area contributed by atoms with Gasteiger partial charge in [0.15, 0.2) is 6.61 Å². The molecular weight excluding hydrogens is 345 g/mol. The number of carbonyl (C=O) groups excluding carboxylic acids is 1. The van der Waals surface area contributed by atoms with Gasteiger partial charge in [0.1, 0.15) is 11.6 Å². The Morgan fingerprint density at radius 3 is 2.81 bits per heavy atom. The lowest BCUT2D eigenvalue weighted by molar-refractivity contribution is -0.137. The highest BCUT2D eigenvalue weighted by Crippen LogP contribution is 2.25. The van der Waals surface area contributed by atoms with Gasteiger partial charge in [0.05, 0.1) is 4.47 Å². The molecule has 116 valence electrons. The number of halogens is 2. The molecule has 0 bridgehead atoms. The summed E-state index contributed by atoms with van der Waals surface area (Å²) in [7, 11) is 0. The van der Waals surface area contributed by atoms with Crippen LogP contribution in [0.2, 0.25) is 0 Å². The molecule has 0 aliphatic heterocycles. The number of carboxylic acid groups (broad SMARTS) is 1. The molecule has 1 atom stereocenters. The van der Waals surface area contributed by atoms with Crippen molar-refractivity contribution in [2.24, 2.45) is 0 Å². The van der Waals surface area contributed by atoms with E-state index in [2.05, 4.69) is 21.2 Å². The van der Waals surface area contributed by atoms with Gasteiger partial charge in [-0.3, -0.25) is 9.59 Å². The molecule has 5 nitrogen and oxygen atoms in total. The van der Waals surface area contributed by atoms with Gasteiger partial charge >= 0.3 is 5.97 Å². The summed E-state index contributed by atoms with van der Waals surface area (Å²) in [4.78, 5) is 22.0. The molecule has 1 aromatic carbocycles. The molecule has 0 saturated carbocycles. The Kier molecular flexibility index (Phi) is 7.14. The van der Waals surface area contributed by atoms with Crippen molar-refractivity contribution in [1.29, 1.82) is 0 Å². The van der Waals surface area contributed by atoms with Crippen molar-refractivity contribution in [2.75, 3.05) is 6.61 Å². The van der Waals surface area contributed by atoms with Gasteiger partial charge < -0.3 is 15.2 Å². The molecule has 7 heteroatoms. The van der Waals surface area contributed by atoms with E-state index in [1.54, 1.807) is 6.92 Å². The van der Waals surface area contributed by atoms with Gasteiger partial charge in [-0.25, -0.2) is 4.39 Å². The molecule has 0 radical (unpaired) electrons. The molecule has 0 fully saturated rings. The van der Waals surface area contributed by atoms with E-state index in [1.165, 1.54) is 18.2 Å². The van der Waals surface area contributed by atoms with Crippen LogP contribution in [-0.2, 0) is 9.59 Å². The van der Waals surface area contributed by atoms with Crippen LogP contribution in [-0.4, -0.2) is 29.6 Å². The van der Waals surface area contributed by atoms with Gasteiger partial charge in [-0.15, -0.1) is 0 Å². The quantitative estimate of drug-likeness (QED) is 0.746. The summed E-state index contributed by atoms with van der Waals surface area (Å²) in [6.45, 7) is 1.61. The van der Waals surface area contributed by atoms with Crippen LogP contribution >= 0.6 is 15.9 Å². The van der Waals surface area contributed by atoms with Crippen LogP contribution in [0.25, 0.3) is 0 Å². The molecule has 21 heavy (non-hydrogen) atoms. The van der Waals surface area contributed by atoms with E-state index in [0.717, 1.165) is 0 Å². The summed E-state index contributed by atoms with van der Waals surface area (Å²) in [6.07, 6.45) is 1.17. The van der Waals surface area contributed by atoms with E-state index in [1.807, 2.05) is 0 Å². The molecule has 0 saturated heterocycles. The smallest absolute Gasteiger partial charge is 0.303 e. The van der Waals surface area contributed by atoms with E-state index in [0.29, 0.717) is 23.1 Å². The minimum Gasteiger partial charge on any atom is -0.483 e. The first-order valence-electron chi connectivity index (χ1n) is 6.47. The number of aliphatic carboxylic acids is 1. The number of amides is 1. The lowest BCUT2D eigenvalue weighted by Gasteiger charge is -2.14. The van der Waals surface area contributed by atoms with Gasteiger partial charge in [0, 0.05) is 12.5 Å². The Labute approximate surface area is 130 Å². The number of carbonyl (C=O) groups is 2. The Morgan fingerprint density at radius 2 is 2.19 bits per heavy atom. The second-order valence-electron chi connectivity index (χ2n) is 4.62. The SMILES string of the molecule is CC(CCCC(=O)O)NC(=O)COc1ccc(F)cc1Br. The molecule has 0 heterocycles. The Bertz CT molecular complexity index is 510. The van der Waals surface area contributed by atoms with E-state index in [-0.39, 0.29) is 25.0 Å². The summed E-state index contributed by atoms with van der Waals surface area (Å²) in [5, 5.41) is 11.2. The number of rotatable bonds is 8. The highest BCUT2D eigenvalue weighted by atomic mass is 79.9. The highest BCUT2D eigenvalue weighted by Gasteiger charge is 2.10. The first kappa shape index (κ1) is 17.4. The fraction of sp³-hybridized carbons (Fsp3) is 0.429. The molecule has 0 aromatic heterocycles. The monoisotopic (exact) mass is 361 g/mol. The number of ether oxygens (including phenoxy) is 1. The van der Waals surface area contributed by atoms with E-state index >= 15 is 0 Å². The Hall–Kier alpha value is -1.63. The number of hydrogen-bond donors (Lipinski definition) is 2. The van der Waals surface area contributed by atoms with Crippen molar-refractivity contribution < 1.29 is 23.8 Å². The third-order valence-corrected chi connectivity index (χ3v) is 3.31. The summed E-state index contributed by atoms with van der Waals surface area (Å²) < 4.78 is 18.6. The zero-order valence-corrected chi connectivity index (χ0v) is 13.2. The molecule has 1 aromatic rings. The normalized spacial score (nSPS) is 11.8. The molecule has 1 amide bonds. The van der Waals surface area contributed by atoms with E-state index in [9.17, 15) is 14.0 Å². The molecular formula is C14H17BrFNO4. The largest absolute Gasteiger partial charge is 0.483 e. The molecule has 0 spiro atoms. The number of benzene rings is 1. The number of carboxylic acids is 1. The highest BCUT2D eigenvalue weighted by molar-refractivity contribution is 9.10. The Morgan fingerprint density at radius 1 is 1.48 bits per heavy atom. The second kappa shape index (κ2) is 8.61. The minimum atomic E-state index is -0.849. The number of nitrogens with one attached hydrogen (secondary N) is 1. The van der Waals surface area contributed by atoms with Gasteiger partial charge in [-0.1, -0.05) is 0 Å². The second-order valence-corrected chi connectivity index (χ2v) is 5.47. The average molecular weight is 362 g/mol. The van der Waals surface area contributed by atoms with E-state index in [4.69, 9.17) is 9.84 Å². The van der Waals surface area contributed by atoms with Crippen molar-refractivity contribution in [3.05, 3.63) is 28.5 Å². The maximum atomic E-state index is 12.9. The molecule has 0 aliphatic rings. The fourth-order valence-corrected chi connectivity index (χ4v) is 2.15. The maximum Gasteiger partial charge on any atom is 0.303 e. The molecule has 1 unspecified atom stereocenters. The van der Waals surface area contributed by atoms with Gasteiger partial charge in [0.2, 0.25) is 0 Å². The summed E-state index contributed by atoms with van der Waals surface area (Å²) in [5.41, 5.74) is 0. The zero-order valence-electron chi connectivity index (χ0n) is 11.6. The first-order valence-corrected chi connectivity index (χ1v) is 7.27. The van der Waals surface area contributed by atoms with Crippen LogP contribution in [0.3, 0.4) is 0 Å². The summed E-state index contributed by atoms with van der Waals surface area (Å²) in [6, 6.07) is 3.80. The van der Waals surface area contributed by atoms with Crippen molar-refractivity contribution in [3.63, 3.8) is 0 Å². The van der Waals surface area contributed by atoms with Crippen LogP contribution in [0.15, 0.2) is 22.7 Å². The topological polar surface area (TPSA) is 75.6 Å². The van der Waals surface area contributed by atoms with Crippen LogP contribution in [0.1, 0.15) is 26.2 Å². The van der Waals surface area contributed by atoms with Gasteiger partial charge in [0.25, 0.3) is 5.91 Å². The third-order valence-electron chi connectivity index (χ3n) is 2.69. The maximum absolute atomic E-state index is 12.9. The lowest BCUT2D eigenvalue weighted by Crippen LogP contribution is -2.36. The first-order chi connectivity index (χ1) is 9.88. The fourth-order valence-electron chi connectivity index (χ4n) is 1.68. The van der Waals surface area contributed by atoms with Gasteiger partial charge in [-0.05, 0) is 53.9 Å². The minimum absolute atomic E-state index is 0.0826. The Balaban J connectivity index is 2.31. The van der Waals surface area contributed by atoms with Crippen molar-refractivity contribution >= 4 is 27.8 Å². The molecule has 0 aliphatic carbocycles. The molecule has 1 rings (SSSR count). The lowest BCUT2D eigenvalue weighted by atomic mass is 10.1. The third kappa shape index (κ3) is 7.08. The predicted octanol–water partition coefficient (Wildman–Crippen LogP) is 2.73. The van der Waals surface area contributed by atoms with E-state index < -0.39 is 11.8 Å². The van der Waals surface area contributed by atoms with Crippen LogP contribution in [0.4, 0.5) is 4.39 Å². The van der Waals surface area contributed by atoms with Crippen LogP contribution < -0.4 is 10.1 Å². The predicted molar refractivity (Wildman–Crippen MR) is 78.7 cm³/mol. The van der Waals surface area contributed by atoms with Crippen molar-refractivity contribution in [2.45, 2.75) is 32.2 Å². The average Bonchev–Trinajstić information content (AvgIpc) is 2.37.